The van der Waals surface area contributed by atoms with Gasteiger partial charge in [0, 0.05) is 35.8 Å². The summed E-state index contributed by atoms with van der Waals surface area (Å²) in [5.74, 6) is 0.751. The lowest BCUT2D eigenvalue weighted by Gasteiger charge is -2.32. The van der Waals surface area contributed by atoms with Gasteiger partial charge in [0.2, 0.25) is 5.91 Å². The normalized spacial score (nSPS) is 20.5. The number of nitrogens with one attached hydrogen (secondary N) is 2. The average molecular weight is 460 g/mol. The Kier molecular flexibility index (Phi) is 6.63. The quantitative estimate of drug-likeness (QED) is 0.545. The second-order valence-electron chi connectivity index (χ2n) is 9.70. The molecule has 5 rings (SSSR count). The van der Waals surface area contributed by atoms with Crippen molar-refractivity contribution >= 4 is 11.6 Å². The van der Waals surface area contributed by atoms with Gasteiger partial charge in [-0.1, -0.05) is 25.5 Å². The summed E-state index contributed by atoms with van der Waals surface area (Å²) in [5.41, 5.74) is 4.39. The fourth-order valence-corrected chi connectivity index (χ4v) is 5.06. The molecular weight excluding hydrogens is 426 g/mol. The standard InChI is InChI=1S/C27H33N5O2/c1-27(12-9-22-21(19-27)25(31-30-22)20-10-13-28-14-11-20)26(33)29-23-7-3-4-8-24(23)34-18-17-32-15-5-2-6-16-32/h3-4,7-8,10-11,13-14H,2,5-6,9,12,15-19H2,1H3,(H,29,33)(H,30,31). The number of piperidine rings is 1. The van der Waals surface area contributed by atoms with Crippen LogP contribution in [-0.2, 0) is 17.6 Å². The molecule has 3 aromatic rings. The van der Waals surface area contributed by atoms with E-state index < -0.39 is 5.41 Å². The SMILES string of the molecule is CC1(C(=O)Nc2ccccc2OCCN2CCCCC2)CCc2[nH]nc(-c3ccncc3)c2C1. The molecule has 1 fully saturated rings. The van der Waals surface area contributed by atoms with Crippen molar-refractivity contribution < 1.29 is 9.53 Å². The molecule has 2 N–H and O–H groups in total. The Morgan fingerprint density at radius 3 is 2.76 bits per heavy atom. The number of anilines is 1. The minimum Gasteiger partial charge on any atom is -0.490 e. The number of H-pyrrole nitrogens is 1. The Morgan fingerprint density at radius 1 is 1.15 bits per heavy atom. The van der Waals surface area contributed by atoms with Gasteiger partial charge in [-0.15, -0.1) is 0 Å². The van der Waals surface area contributed by atoms with E-state index in [2.05, 4.69) is 32.3 Å². The molecule has 7 heteroatoms. The summed E-state index contributed by atoms with van der Waals surface area (Å²) in [6.45, 7) is 5.89. The van der Waals surface area contributed by atoms with Crippen LogP contribution < -0.4 is 10.1 Å². The molecule has 1 aromatic carbocycles. The fourth-order valence-electron chi connectivity index (χ4n) is 5.06. The van der Waals surface area contributed by atoms with E-state index in [1.54, 1.807) is 12.4 Å². The number of amides is 1. The third-order valence-electron chi connectivity index (χ3n) is 7.20. The largest absolute Gasteiger partial charge is 0.490 e. The smallest absolute Gasteiger partial charge is 0.230 e. The first-order valence-electron chi connectivity index (χ1n) is 12.3. The van der Waals surface area contributed by atoms with Gasteiger partial charge in [0.1, 0.15) is 12.4 Å². The molecule has 1 amide bonds. The predicted octanol–water partition coefficient (Wildman–Crippen LogP) is 4.47. The molecule has 0 saturated carbocycles. The lowest BCUT2D eigenvalue weighted by Crippen LogP contribution is -2.38. The monoisotopic (exact) mass is 459 g/mol. The number of rotatable bonds is 7. The molecule has 178 valence electrons. The van der Waals surface area contributed by atoms with Crippen LogP contribution in [0, 0.1) is 5.41 Å². The highest BCUT2D eigenvalue weighted by Crippen LogP contribution is 2.40. The molecule has 34 heavy (non-hydrogen) atoms. The Bertz CT molecular complexity index is 1120. The van der Waals surface area contributed by atoms with E-state index >= 15 is 0 Å². The van der Waals surface area contributed by atoms with Crippen LogP contribution in [-0.4, -0.2) is 52.2 Å². The van der Waals surface area contributed by atoms with Crippen LogP contribution >= 0.6 is 0 Å². The number of likely N-dealkylation sites (tertiary alicyclic amines) is 1. The number of fused-ring (bicyclic) bond motifs is 1. The van der Waals surface area contributed by atoms with Crippen molar-refractivity contribution in [3.8, 4) is 17.0 Å². The lowest BCUT2D eigenvalue weighted by atomic mass is 9.73. The Balaban J connectivity index is 1.27. The summed E-state index contributed by atoms with van der Waals surface area (Å²) in [7, 11) is 0. The number of aryl methyl sites for hydroxylation is 1. The van der Waals surface area contributed by atoms with E-state index in [1.807, 2.05) is 36.4 Å². The van der Waals surface area contributed by atoms with Crippen LogP contribution in [0.25, 0.3) is 11.3 Å². The summed E-state index contributed by atoms with van der Waals surface area (Å²) in [5, 5.41) is 10.9. The number of pyridine rings is 1. The first-order valence-corrected chi connectivity index (χ1v) is 12.3. The third kappa shape index (κ3) is 4.85. The number of carbonyl (C=O) groups excluding carboxylic acids is 1. The molecule has 0 spiro atoms. The lowest BCUT2D eigenvalue weighted by molar-refractivity contribution is -0.125. The van der Waals surface area contributed by atoms with Gasteiger partial charge < -0.3 is 10.1 Å². The molecular formula is C27H33N5O2. The number of carbonyl (C=O) groups is 1. The molecule has 0 radical (unpaired) electrons. The number of benzene rings is 1. The molecule has 1 unspecified atom stereocenters. The minimum atomic E-state index is -0.528. The van der Waals surface area contributed by atoms with Crippen molar-refractivity contribution in [3.63, 3.8) is 0 Å². The van der Waals surface area contributed by atoms with Crippen LogP contribution in [0.1, 0.15) is 43.9 Å². The summed E-state index contributed by atoms with van der Waals surface area (Å²) >= 11 is 0. The molecule has 1 aliphatic carbocycles. The fraction of sp³-hybridized carbons (Fsp3) is 0.444. The van der Waals surface area contributed by atoms with Crippen LogP contribution in [0.3, 0.4) is 0 Å². The number of ether oxygens (including phenoxy) is 1. The molecule has 0 bridgehead atoms. The highest BCUT2D eigenvalue weighted by Gasteiger charge is 2.39. The van der Waals surface area contributed by atoms with Crippen molar-refractivity contribution in [2.45, 2.75) is 45.4 Å². The maximum atomic E-state index is 13.5. The number of para-hydroxylation sites is 2. The molecule has 2 aliphatic rings. The zero-order valence-corrected chi connectivity index (χ0v) is 19.8. The van der Waals surface area contributed by atoms with Crippen molar-refractivity contribution in [2.75, 3.05) is 31.6 Å². The van der Waals surface area contributed by atoms with Crippen molar-refractivity contribution in [3.05, 3.63) is 60.0 Å². The summed E-state index contributed by atoms with van der Waals surface area (Å²) in [6.07, 6.45) is 9.61. The van der Waals surface area contributed by atoms with E-state index in [-0.39, 0.29) is 5.91 Å². The van der Waals surface area contributed by atoms with Crippen LogP contribution in [0.5, 0.6) is 5.75 Å². The number of hydrogen-bond donors (Lipinski definition) is 2. The van der Waals surface area contributed by atoms with Gasteiger partial charge >= 0.3 is 0 Å². The van der Waals surface area contributed by atoms with Gasteiger partial charge in [-0.2, -0.15) is 5.10 Å². The molecule has 3 heterocycles. The molecule has 1 saturated heterocycles. The Hall–Kier alpha value is -3.19. The second-order valence-corrected chi connectivity index (χ2v) is 9.70. The molecule has 1 atom stereocenters. The average Bonchev–Trinajstić information content (AvgIpc) is 3.29. The van der Waals surface area contributed by atoms with E-state index in [9.17, 15) is 4.79 Å². The molecule has 2 aromatic heterocycles. The number of nitrogens with zero attached hydrogens (tertiary/aromatic N) is 3. The van der Waals surface area contributed by atoms with Crippen LogP contribution in [0.15, 0.2) is 48.8 Å². The van der Waals surface area contributed by atoms with E-state index in [1.165, 1.54) is 19.3 Å². The zero-order chi connectivity index (χ0) is 23.4. The first kappa shape index (κ1) is 22.6. The minimum absolute atomic E-state index is 0.0205. The number of aromatic nitrogens is 3. The van der Waals surface area contributed by atoms with E-state index in [0.717, 1.165) is 66.4 Å². The number of hydrogen-bond acceptors (Lipinski definition) is 5. The van der Waals surface area contributed by atoms with Crippen molar-refractivity contribution in [2.24, 2.45) is 5.41 Å². The number of aromatic amines is 1. The van der Waals surface area contributed by atoms with Gasteiger partial charge in [-0.3, -0.25) is 19.8 Å². The van der Waals surface area contributed by atoms with Gasteiger partial charge in [0.15, 0.2) is 0 Å². The first-order chi connectivity index (χ1) is 16.6. The highest BCUT2D eigenvalue weighted by molar-refractivity contribution is 5.96. The Morgan fingerprint density at radius 2 is 1.94 bits per heavy atom. The topological polar surface area (TPSA) is 83.1 Å². The maximum Gasteiger partial charge on any atom is 0.230 e. The predicted molar refractivity (Wildman–Crippen MR) is 133 cm³/mol. The maximum absolute atomic E-state index is 13.5. The summed E-state index contributed by atoms with van der Waals surface area (Å²) in [6, 6.07) is 11.7. The van der Waals surface area contributed by atoms with Crippen LogP contribution in [0.4, 0.5) is 5.69 Å². The summed E-state index contributed by atoms with van der Waals surface area (Å²) < 4.78 is 6.10. The van der Waals surface area contributed by atoms with Crippen molar-refractivity contribution in [1.82, 2.24) is 20.1 Å². The van der Waals surface area contributed by atoms with Gasteiger partial charge in [-0.05, 0) is 69.5 Å². The summed E-state index contributed by atoms with van der Waals surface area (Å²) in [4.78, 5) is 20.1. The molecule has 1 aliphatic heterocycles. The highest BCUT2D eigenvalue weighted by atomic mass is 16.5. The van der Waals surface area contributed by atoms with Gasteiger partial charge in [0.25, 0.3) is 0 Å². The van der Waals surface area contributed by atoms with Crippen molar-refractivity contribution in [1.29, 1.82) is 0 Å². The van der Waals surface area contributed by atoms with Crippen LogP contribution in [0.2, 0.25) is 0 Å². The van der Waals surface area contributed by atoms with Gasteiger partial charge in [0.05, 0.1) is 16.8 Å². The van der Waals surface area contributed by atoms with E-state index in [0.29, 0.717) is 13.0 Å². The Labute approximate surface area is 200 Å². The second kappa shape index (κ2) is 9.97. The molecule has 7 nitrogen and oxygen atoms in total. The van der Waals surface area contributed by atoms with E-state index in [4.69, 9.17) is 4.74 Å². The third-order valence-corrected chi connectivity index (χ3v) is 7.20. The van der Waals surface area contributed by atoms with Gasteiger partial charge in [-0.25, -0.2) is 0 Å². The zero-order valence-electron chi connectivity index (χ0n) is 19.8.